The Hall–Kier alpha value is -0.890. The number of hydrogen-bond acceptors (Lipinski definition) is 4. The van der Waals surface area contributed by atoms with Gasteiger partial charge in [-0.2, -0.15) is 0 Å². The second kappa shape index (κ2) is 6.71. The molecule has 0 saturated carbocycles. The van der Waals surface area contributed by atoms with Gasteiger partial charge in [0.05, 0.1) is 4.90 Å². The van der Waals surface area contributed by atoms with Crippen LogP contribution in [0.2, 0.25) is 0 Å². The third-order valence-corrected chi connectivity index (χ3v) is 5.17. The number of nitrogens with two attached hydrogens (primary N) is 1. The molecule has 2 rings (SSSR count). The third kappa shape index (κ3) is 3.82. The summed E-state index contributed by atoms with van der Waals surface area (Å²) in [6, 6.07) is 1.63. The first kappa shape index (κ1) is 15.5. The van der Waals surface area contributed by atoms with Crippen LogP contribution in [-0.4, -0.2) is 44.1 Å². The van der Waals surface area contributed by atoms with Gasteiger partial charge in [-0.3, -0.25) is 0 Å². The largest absolute Gasteiger partial charge is 0.352 e. The molecule has 0 aliphatic carbocycles. The summed E-state index contributed by atoms with van der Waals surface area (Å²) in [4.78, 5) is 2.67. The van der Waals surface area contributed by atoms with Crippen molar-refractivity contribution in [2.45, 2.75) is 30.7 Å². The van der Waals surface area contributed by atoms with Crippen molar-refractivity contribution < 1.29 is 8.42 Å². The molecule has 1 saturated heterocycles. The van der Waals surface area contributed by atoms with E-state index in [1.807, 2.05) is 0 Å². The number of nitrogens with one attached hydrogen (secondary N) is 1. The molecule has 1 aliphatic heterocycles. The Morgan fingerprint density at radius 1 is 1.35 bits per heavy atom. The van der Waals surface area contributed by atoms with Crippen molar-refractivity contribution in [3.8, 4) is 0 Å². The molecule has 7 heteroatoms. The first-order valence-electron chi connectivity index (χ1n) is 7.10. The van der Waals surface area contributed by atoms with Gasteiger partial charge in [0.25, 0.3) is 0 Å². The zero-order valence-corrected chi connectivity index (χ0v) is 12.8. The highest BCUT2D eigenvalue weighted by atomic mass is 32.2. The zero-order valence-electron chi connectivity index (χ0n) is 12.0. The topological polar surface area (TPSA) is 80.4 Å². The molecule has 2 heterocycles. The minimum Gasteiger partial charge on any atom is -0.352 e. The molecule has 0 bridgehead atoms. The Kier molecular flexibility index (Phi) is 5.20. The summed E-state index contributed by atoms with van der Waals surface area (Å²) in [6.45, 7) is 4.06. The van der Waals surface area contributed by atoms with Gasteiger partial charge in [-0.25, -0.2) is 13.1 Å². The lowest BCUT2D eigenvalue weighted by atomic mass is 10.4. The van der Waals surface area contributed by atoms with Crippen LogP contribution in [0.3, 0.4) is 0 Å². The van der Waals surface area contributed by atoms with Crippen LogP contribution in [-0.2, 0) is 23.6 Å². The average Bonchev–Trinajstić information content (AvgIpc) is 3.04. The van der Waals surface area contributed by atoms with Crippen molar-refractivity contribution in [1.29, 1.82) is 0 Å². The fourth-order valence-corrected chi connectivity index (χ4v) is 3.69. The quantitative estimate of drug-likeness (QED) is 0.707. The van der Waals surface area contributed by atoms with Crippen LogP contribution >= 0.6 is 0 Å². The summed E-state index contributed by atoms with van der Waals surface area (Å²) in [7, 11) is -1.61. The van der Waals surface area contributed by atoms with Crippen molar-refractivity contribution in [2.75, 3.05) is 26.2 Å². The summed E-state index contributed by atoms with van der Waals surface area (Å²) < 4.78 is 28.7. The fourth-order valence-electron chi connectivity index (χ4n) is 2.53. The van der Waals surface area contributed by atoms with Crippen LogP contribution in [0.5, 0.6) is 0 Å². The van der Waals surface area contributed by atoms with Gasteiger partial charge < -0.3 is 15.2 Å². The number of aryl methyl sites for hydroxylation is 1. The Labute approximate surface area is 121 Å². The highest BCUT2D eigenvalue weighted by Gasteiger charge is 2.17. The molecule has 0 unspecified atom stereocenters. The second-order valence-electron chi connectivity index (χ2n) is 5.28. The van der Waals surface area contributed by atoms with E-state index >= 15 is 0 Å². The SMILES string of the molecule is Cn1cc(S(=O)(=O)NCCCN2CCCC2)cc1CN. The molecule has 3 N–H and O–H groups in total. The predicted molar refractivity (Wildman–Crippen MR) is 78.8 cm³/mol. The van der Waals surface area contributed by atoms with Crippen molar-refractivity contribution in [2.24, 2.45) is 12.8 Å². The number of nitrogens with zero attached hydrogens (tertiary/aromatic N) is 2. The molecule has 1 aromatic rings. The van der Waals surface area contributed by atoms with Crippen LogP contribution in [0.1, 0.15) is 25.0 Å². The van der Waals surface area contributed by atoms with E-state index in [1.165, 1.54) is 12.8 Å². The number of rotatable bonds is 7. The molecule has 0 radical (unpaired) electrons. The van der Waals surface area contributed by atoms with Crippen LogP contribution in [0.4, 0.5) is 0 Å². The monoisotopic (exact) mass is 300 g/mol. The highest BCUT2D eigenvalue weighted by molar-refractivity contribution is 7.89. The molecular weight excluding hydrogens is 276 g/mol. The summed E-state index contributed by atoms with van der Waals surface area (Å²) in [6.07, 6.45) is 4.97. The predicted octanol–water partition coefficient (Wildman–Crippen LogP) is 0.248. The molecule has 6 nitrogen and oxygen atoms in total. The van der Waals surface area contributed by atoms with Gasteiger partial charge in [0, 0.05) is 32.0 Å². The summed E-state index contributed by atoms with van der Waals surface area (Å²) in [5.41, 5.74) is 6.36. The lowest BCUT2D eigenvalue weighted by Gasteiger charge is -2.14. The molecule has 1 aromatic heterocycles. The van der Waals surface area contributed by atoms with Gasteiger partial charge in [-0.1, -0.05) is 0 Å². The maximum atomic E-state index is 12.1. The van der Waals surface area contributed by atoms with Gasteiger partial charge in [-0.15, -0.1) is 0 Å². The maximum absolute atomic E-state index is 12.1. The third-order valence-electron chi connectivity index (χ3n) is 3.74. The molecule has 0 spiro atoms. The van der Waals surface area contributed by atoms with E-state index in [4.69, 9.17) is 5.73 Å². The average molecular weight is 300 g/mol. The maximum Gasteiger partial charge on any atom is 0.242 e. The Bertz CT molecular complexity index is 533. The molecular formula is C13H24N4O2S. The van der Waals surface area contributed by atoms with E-state index < -0.39 is 10.0 Å². The fraction of sp³-hybridized carbons (Fsp3) is 0.692. The first-order chi connectivity index (χ1) is 9.53. The number of hydrogen-bond donors (Lipinski definition) is 2. The number of aromatic nitrogens is 1. The van der Waals surface area contributed by atoms with Crippen molar-refractivity contribution in [3.05, 3.63) is 18.0 Å². The minimum atomic E-state index is -3.41. The van der Waals surface area contributed by atoms with E-state index in [0.29, 0.717) is 18.0 Å². The first-order valence-corrected chi connectivity index (χ1v) is 8.58. The number of sulfonamides is 1. The Morgan fingerprint density at radius 3 is 2.65 bits per heavy atom. The van der Waals surface area contributed by atoms with Crippen LogP contribution in [0, 0.1) is 0 Å². The lowest BCUT2D eigenvalue weighted by molar-refractivity contribution is 0.334. The standard InChI is InChI=1S/C13H24N4O2S/c1-16-11-13(9-12(16)10-14)20(18,19)15-5-4-8-17-6-2-3-7-17/h9,11,15H,2-8,10,14H2,1H3. The molecule has 0 atom stereocenters. The van der Waals surface area contributed by atoms with Crippen molar-refractivity contribution in [1.82, 2.24) is 14.2 Å². The van der Waals surface area contributed by atoms with Crippen molar-refractivity contribution in [3.63, 3.8) is 0 Å². The lowest BCUT2D eigenvalue weighted by Crippen LogP contribution is -2.28. The summed E-state index contributed by atoms with van der Waals surface area (Å²) >= 11 is 0. The summed E-state index contributed by atoms with van der Waals surface area (Å²) in [5.74, 6) is 0. The Morgan fingerprint density at radius 2 is 2.05 bits per heavy atom. The van der Waals surface area contributed by atoms with E-state index in [2.05, 4.69) is 9.62 Å². The molecule has 0 aromatic carbocycles. The smallest absolute Gasteiger partial charge is 0.242 e. The van der Waals surface area contributed by atoms with Gasteiger partial charge in [0.2, 0.25) is 10.0 Å². The second-order valence-corrected chi connectivity index (χ2v) is 7.05. The van der Waals surface area contributed by atoms with Crippen LogP contribution in [0.25, 0.3) is 0 Å². The van der Waals surface area contributed by atoms with Gasteiger partial charge in [0.15, 0.2) is 0 Å². The van der Waals surface area contributed by atoms with Crippen LogP contribution < -0.4 is 10.5 Å². The van der Waals surface area contributed by atoms with Crippen molar-refractivity contribution >= 4 is 10.0 Å². The molecule has 114 valence electrons. The van der Waals surface area contributed by atoms with E-state index in [1.54, 1.807) is 23.9 Å². The molecule has 1 fully saturated rings. The molecule has 0 amide bonds. The Balaban J connectivity index is 1.83. The highest BCUT2D eigenvalue weighted by Crippen LogP contribution is 2.13. The van der Waals surface area contributed by atoms with Gasteiger partial charge in [0.1, 0.15) is 0 Å². The molecule has 20 heavy (non-hydrogen) atoms. The van der Waals surface area contributed by atoms with Gasteiger partial charge in [-0.05, 0) is 45.0 Å². The van der Waals surface area contributed by atoms with E-state index in [-0.39, 0.29) is 0 Å². The zero-order chi connectivity index (χ0) is 14.6. The van der Waals surface area contributed by atoms with Gasteiger partial charge >= 0.3 is 0 Å². The van der Waals surface area contributed by atoms with E-state index in [9.17, 15) is 8.42 Å². The molecule has 1 aliphatic rings. The van der Waals surface area contributed by atoms with E-state index in [0.717, 1.165) is 31.7 Å². The summed E-state index contributed by atoms with van der Waals surface area (Å²) in [5, 5.41) is 0. The minimum absolute atomic E-state index is 0.293. The normalized spacial score (nSPS) is 16.9. The number of likely N-dealkylation sites (tertiary alicyclic amines) is 1. The van der Waals surface area contributed by atoms with Crippen LogP contribution in [0.15, 0.2) is 17.2 Å².